The van der Waals surface area contributed by atoms with Crippen molar-refractivity contribution in [2.45, 2.75) is 6.54 Å². The molecule has 4 rings (SSSR count). The van der Waals surface area contributed by atoms with Crippen molar-refractivity contribution in [2.24, 2.45) is 0 Å². The quantitative estimate of drug-likeness (QED) is 0.703. The van der Waals surface area contributed by atoms with Gasteiger partial charge in [-0.25, -0.2) is 0 Å². The number of rotatable bonds is 6. The molecule has 5 nitrogen and oxygen atoms in total. The predicted molar refractivity (Wildman–Crippen MR) is 115 cm³/mol. The first-order valence-corrected chi connectivity index (χ1v) is 10.2. The maximum absolute atomic E-state index is 12.8. The normalized spacial score (nSPS) is 15.1. The maximum atomic E-state index is 12.8. The van der Waals surface area contributed by atoms with Gasteiger partial charge < -0.3 is 9.80 Å². The summed E-state index contributed by atoms with van der Waals surface area (Å²) >= 11 is 0. The number of nitrogens with zero attached hydrogens (tertiary/aromatic N) is 3. The fourth-order valence-corrected chi connectivity index (χ4v) is 3.67. The van der Waals surface area contributed by atoms with Gasteiger partial charge in [-0.2, -0.15) is 5.10 Å². The number of benzene rings is 2. The van der Waals surface area contributed by atoms with Crippen LogP contribution in [0.4, 0.5) is 0 Å². The number of amides is 1. The predicted octanol–water partition coefficient (Wildman–Crippen LogP) is 1.99. The second-order valence-electron chi connectivity index (χ2n) is 7.47. The average Bonchev–Trinajstić information content (AvgIpc) is 3.24. The lowest BCUT2D eigenvalue weighted by Crippen LogP contribution is -3.14. The van der Waals surface area contributed by atoms with Crippen LogP contribution in [0.3, 0.4) is 0 Å². The molecule has 0 bridgehead atoms. The van der Waals surface area contributed by atoms with Crippen molar-refractivity contribution in [3.63, 3.8) is 0 Å². The van der Waals surface area contributed by atoms with E-state index in [0.29, 0.717) is 12.1 Å². The number of hydrogen-bond donors (Lipinski definition) is 1. The van der Waals surface area contributed by atoms with Gasteiger partial charge in [-0.05, 0) is 17.2 Å². The molecule has 1 aliphatic rings. The van der Waals surface area contributed by atoms with E-state index in [1.807, 2.05) is 40.0 Å². The fourth-order valence-electron chi connectivity index (χ4n) is 3.67. The third-order valence-corrected chi connectivity index (χ3v) is 5.34. The molecule has 2 aromatic carbocycles. The first kappa shape index (κ1) is 19.2. The molecule has 1 aromatic heterocycles. The Kier molecular flexibility index (Phi) is 6.17. The van der Waals surface area contributed by atoms with E-state index in [9.17, 15) is 4.79 Å². The molecular weight excluding hydrogens is 360 g/mol. The zero-order chi connectivity index (χ0) is 19.9. The van der Waals surface area contributed by atoms with Crippen LogP contribution in [0.2, 0.25) is 0 Å². The van der Waals surface area contributed by atoms with Gasteiger partial charge in [-0.3, -0.25) is 9.48 Å². The highest BCUT2D eigenvalue weighted by atomic mass is 16.2. The molecule has 3 aromatic rings. The Morgan fingerprint density at radius 2 is 1.69 bits per heavy atom. The van der Waals surface area contributed by atoms with Crippen LogP contribution >= 0.6 is 0 Å². The van der Waals surface area contributed by atoms with Crippen molar-refractivity contribution in [3.05, 3.63) is 95.8 Å². The smallest absolute Gasteiger partial charge is 0.257 e. The van der Waals surface area contributed by atoms with E-state index in [1.165, 1.54) is 16.0 Å². The SMILES string of the molecule is O=C(c1cnn(Cc2ccccc2)c1)N1CC[NH+](C/C=C/c2ccccc2)CC1. The largest absolute Gasteiger partial charge is 0.329 e. The van der Waals surface area contributed by atoms with Crippen LogP contribution in [0.15, 0.2) is 79.1 Å². The van der Waals surface area contributed by atoms with Crippen molar-refractivity contribution in [3.8, 4) is 0 Å². The molecule has 0 unspecified atom stereocenters. The van der Waals surface area contributed by atoms with Gasteiger partial charge in [0.05, 0.1) is 51.0 Å². The average molecular weight is 388 g/mol. The minimum Gasteiger partial charge on any atom is -0.329 e. The molecule has 1 N–H and O–H groups in total. The van der Waals surface area contributed by atoms with Crippen molar-refractivity contribution < 1.29 is 9.69 Å². The second-order valence-corrected chi connectivity index (χ2v) is 7.47. The lowest BCUT2D eigenvalue weighted by atomic mass is 10.2. The molecule has 0 radical (unpaired) electrons. The first-order valence-electron chi connectivity index (χ1n) is 10.2. The van der Waals surface area contributed by atoms with Crippen LogP contribution in [0.25, 0.3) is 6.08 Å². The van der Waals surface area contributed by atoms with Gasteiger partial charge in [-0.15, -0.1) is 0 Å². The summed E-state index contributed by atoms with van der Waals surface area (Å²) in [6, 6.07) is 20.5. The Morgan fingerprint density at radius 3 is 2.41 bits per heavy atom. The number of piperazine rings is 1. The Labute approximate surface area is 171 Å². The summed E-state index contributed by atoms with van der Waals surface area (Å²) in [5.74, 6) is 0.0863. The maximum Gasteiger partial charge on any atom is 0.257 e. The van der Waals surface area contributed by atoms with Crippen LogP contribution in [0.1, 0.15) is 21.5 Å². The van der Waals surface area contributed by atoms with Gasteiger partial charge in [0.2, 0.25) is 0 Å². The zero-order valence-corrected chi connectivity index (χ0v) is 16.6. The number of hydrogen-bond acceptors (Lipinski definition) is 2. The van der Waals surface area contributed by atoms with Crippen LogP contribution < -0.4 is 4.90 Å². The topological polar surface area (TPSA) is 42.6 Å². The van der Waals surface area contributed by atoms with Gasteiger partial charge in [0.1, 0.15) is 0 Å². The van der Waals surface area contributed by atoms with Gasteiger partial charge in [0.15, 0.2) is 0 Å². The molecule has 0 saturated carbocycles. The molecule has 5 heteroatoms. The van der Waals surface area contributed by atoms with Crippen LogP contribution in [-0.4, -0.2) is 53.3 Å². The molecule has 148 valence electrons. The second kappa shape index (κ2) is 9.34. The van der Waals surface area contributed by atoms with Gasteiger partial charge in [0.25, 0.3) is 5.91 Å². The number of aromatic nitrogens is 2. The Morgan fingerprint density at radius 1 is 1.00 bits per heavy atom. The Bertz CT molecular complexity index is 941. The molecule has 0 spiro atoms. The summed E-state index contributed by atoms with van der Waals surface area (Å²) in [5.41, 5.74) is 3.08. The molecule has 2 heterocycles. The van der Waals surface area contributed by atoms with E-state index in [1.54, 1.807) is 6.20 Å². The molecule has 1 aliphatic heterocycles. The van der Waals surface area contributed by atoms with E-state index in [4.69, 9.17) is 0 Å². The highest BCUT2D eigenvalue weighted by Gasteiger charge is 2.24. The van der Waals surface area contributed by atoms with Crippen LogP contribution in [0.5, 0.6) is 0 Å². The number of carbonyl (C=O) groups excluding carboxylic acids is 1. The molecule has 0 atom stereocenters. The van der Waals surface area contributed by atoms with Crippen LogP contribution in [-0.2, 0) is 6.54 Å². The summed E-state index contributed by atoms with van der Waals surface area (Å²) in [5, 5.41) is 4.37. The molecule has 29 heavy (non-hydrogen) atoms. The van der Waals surface area contributed by atoms with Crippen molar-refractivity contribution in [2.75, 3.05) is 32.7 Å². The summed E-state index contributed by atoms with van der Waals surface area (Å²) in [4.78, 5) is 16.3. The van der Waals surface area contributed by atoms with E-state index in [0.717, 1.165) is 32.7 Å². The van der Waals surface area contributed by atoms with E-state index in [2.05, 4.69) is 53.6 Å². The number of quaternary nitrogens is 1. The monoisotopic (exact) mass is 387 g/mol. The minimum absolute atomic E-state index is 0.0863. The molecule has 1 amide bonds. The van der Waals surface area contributed by atoms with Crippen molar-refractivity contribution in [1.29, 1.82) is 0 Å². The van der Waals surface area contributed by atoms with Gasteiger partial charge >= 0.3 is 0 Å². The number of nitrogens with one attached hydrogen (secondary N) is 1. The Hall–Kier alpha value is -3.18. The molecule has 1 saturated heterocycles. The summed E-state index contributed by atoms with van der Waals surface area (Å²) in [6.45, 7) is 5.20. The summed E-state index contributed by atoms with van der Waals surface area (Å²) in [6.07, 6.45) is 7.95. The molecule has 1 fully saturated rings. The minimum atomic E-state index is 0.0863. The fraction of sp³-hybridized carbons (Fsp3) is 0.250. The summed E-state index contributed by atoms with van der Waals surface area (Å²) in [7, 11) is 0. The van der Waals surface area contributed by atoms with E-state index in [-0.39, 0.29) is 5.91 Å². The van der Waals surface area contributed by atoms with Crippen molar-refractivity contribution in [1.82, 2.24) is 14.7 Å². The van der Waals surface area contributed by atoms with Gasteiger partial charge in [0, 0.05) is 6.20 Å². The summed E-state index contributed by atoms with van der Waals surface area (Å²) < 4.78 is 1.83. The lowest BCUT2D eigenvalue weighted by molar-refractivity contribution is -0.898. The van der Waals surface area contributed by atoms with Crippen LogP contribution in [0, 0.1) is 0 Å². The molecular formula is C24H27N4O+. The standard InChI is InChI=1S/C24H26N4O/c29-24(23-18-25-28(20-23)19-22-10-5-2-6-11-22)27-16-14-26(15-17-27)13-7-12-21-8-3-1-4-9-21/h1-12,18,20H,13-17,19H2/p+1/b12-7+. The number of carbonyl (C=O) groups is 1. The van der Waals surface area contributed by atoms with E-state index < -0.39 is 0 Å². The van der Waals surface area contributed by atoms with Crippen molar-refractivity contribution >= 4 is 12.0 Å². The first-order chi connectivity index (χ1) is 14.3. The van der Waals surface area contributed by atoms with Gasteiger partial charge in [-0.1, -0.05) is 66.7 Å². The third-order valence-electron chi connectivity index (χ3n) is 5.34. The lowest BCUT2D eigenvalue weighted by Gasteiger charge is -2.31. The van der Waals surface area contributed by atoms with E-state index >= 15 is 0 Å². The Balaban J connectivity index is 1.26. The third kappa shape index (κ3) is 5.21. The molecule has 0 aliphatic carbocycles. The highest BCUT2D eigenvalue weighted by Crippen LogP contribution is 2.07. The highest BCUT2D eigenvalue weighted by molar-refractivity contribution is 5.93. The zero-order valence-electron chi connectivity index (χ0n) is 16.6.